The van der Waals surface area contributed by atoms with Crippen molar-refractivity contribution in [3.63, 3.8) is 0 Å². The number of carbonyl (C=O) groups excluding carboxylic acids is 1. The molecule has 9 heteroatoms. The Morgan fingerprint density at radius 3 is 1.97 bits per heavy atom. The fraction of sp³-hybridized carbons (Fsp3) is 0.435. The van der Waals surface area contributed by atoms with Crippen LogP contribution in [0.5, 0.6) is 0 Å². The summed E-state index contributed by atoms with van der Waals surface area (Å²) in [6, 6.07) is 10.8. The molecule has 2 aromatic carbocycles. The molecule has 0 spiro atoms. The van der Waals surface area contributed by atoms with Crippen LogP contribution in [0.3, 0.4) is 0 Å². The lowest BCUT2D eigenvalue weighted by atomic mass is 9.68. The fourth-order valence-electron chi connectivity index (χ4n) is 4.19. The van der Waals surface area contributed by atoms with E-state index < -0.39 is 35.8 Å². The SMILES string of the molecule is N[C@H]1CC[C@@](CNC(=O)Cc2cc(C(F)(F)F)cc(C(F)(F)F)c2)(c2ccccc2)CC1. The highest BCUT2D eigenvalue weighted by atomic mass is 19.4. The lowest BCUT2D eigenvalue weighted by molar-refractivity contribution is -0.143. The minimum absolute atomic E-state index is 0.0526. The summed E-state index contributed by atoms with van der Waals surface area (Å²) in [6.45, 7) is 0.230. The smallest absolute Gasteiger partial charge is 0.355 e. The minimum Gasteiger partial charge on any atom is -0.355 e. The third kappa shape index (κ3) is 5.82. The number of rotatable bonds is 5. The first-order valence-corrected chi connectivity index (χ1v) is 10.3. The summed E-state index contributed by atoms with van der Waals surface area (Å²) >= 11 is 0. The summed E-state index contributed by atoms with van der Waals surface area (Å²) < 4.78 is 78.3. The second kappa shape index (κ2) is 9.13. The first-order valence-electron chi connectivity index (χ1n) is 10.3. The monoisotopic (exact) mass is 458 g/mol. The molecule has 0 unspecified atom stereocenters. The molecule has 174 valence electrons. The van der Waals surface area contributed by atoms with Gasteiger partial charge < -0.3 is 11.1 Å². The lowest BCUT2D eigenvalue weighted by Gasteiger charge is -2.40. The molecule has 0 aromatic heterocycles. The Hall–Kier alpha value is -2.55. The second-order valence-electron chi connectivity index (χ2n) is 8.35. The van der Waals surface area contributed by atoms with Gasteiger partial charge in [0.05, 0.1) is 17.5 Å². The third-order valence-corrected chi connectivity index (χ3v) is 6.01. The van der Waals surface area contributed by atoms with Gasteiger partial charge in [0.1, 0.15) is 0 Å². The summed E-state index contributed by atoms with van der Waals surface area (Å²) in [5.41, 5.74) is 3.45. The second-order valence-corrected chi connectivity index (χ2v) is 8.35. The Bertz CT molecular complexity index is 899. The van der Waals surface area contributed by atoms with Gasteiger partial charge in [-0.2, -0.15) is 26.3 Å². The highest BCUT2D eigenvalue weighted by molar-refractivity contribution is 5.78. The van der Waals surface area contributed by atoms with Crippen LogP contribution in [-0.4, -0.2) is 18.5 Å². The summed E-state index contributed by atoms with van der Waals surface area (Å²) in [7, 11) is 0. The molecular weight excluding hydrogens is 434 g/mol. The molecule has 1 amide bonds. The largest absolute Gasteiger partial charge is 0.416 e. The van der Waals surface area contributed by atoms with Crippen molar-refractivity contribution in [2.45, 2.75) is 55.9 Å². The van der Waals surface area contributed by atoms with Crippen molar-refractivity contribution < 1.29 is 31.1 Å². The molecule has 3 nitrogen and oxygen atoms in total. The fourth-order valence-corrected chi connectivity index (χ4v) is 4.19. The van der Waals surface area contributed by atoms with Gasteiger partial charge in [-0.1, -0.05) is 30.3 Å². The van der Waals surface area contributed by atoms with E-state index in [0.29, 0.717) is 12.1 Å². The highest BCUT2D eigenvalue weighted by Gasteiger charge is 2.38. The van der Waals surface area contributed by atoms with Gasteiger partial charge >= 0.3 is 12.4 Å². The molecule has 1 aliphatic rings. The van der Waals surface area contributed by atoms with Crippen molar-refractivity contribution in [2.24, 2.45) is 5.73 Å². The Kier molecular flexibility index (Phi) is 6.88. The molecule has 0 bridgehead atoms. The Balaban J connectivity index is 1.77. The first kappa shape index (κ1) is 24.1. The van der Waals surface area contributed by atoms with Crippen LogP contribution in [0.2, 0.25) is 0 Å². The van der Waals surface area contributed by atoms with Gasteiger partial charge in [0.15, 0.2) is 0 Å². The van der Waals surface area contributed by atoms with E-state index in [0.717, 1.165) is 31.2 Å². The zero-order valence-corrected chi connectivity index (χ0v) is 17.2. The molecule has 0 atom stereocenters. The molecule has 1 saturated carbocycles. The third-order valence-electron chi connectivity index (χ3n) is 6.01. The number of halogens is 6. The molecule has 3 rings (SSSR count). The van der Waals surface area contributed by atoms with E-state index in [4.69, 9.17) is 5.73 Å². The number of alkyl halides is 6. The Morgan fingerprint density at radius 2 is 1.47 bits per heavy atom. The molecule has 32 heavy (non-hydrogen) atoms. The molecule has 0 saturated heterocycles. The van der Waals surface area contributed by atoms with Crippen LogP contribution in [0.15, 0.2) is 48.5 Å². The topological polar surface area (TPSA) is 55.1 Å². The van der Waals surface area contributed by atoms with Crippen LogP contribution in [0.4, 0.5) is 26.3 Å². The predicted octanol–water partition coefficient (Wildman–Crippen LogP) is 5.22. The lowest BCUT2D eigenvalue weighted by Crippen LogP contribution is -2.45. The van der Waals surface area contributed by atoms with E-state index in [1.807, 2.05) is 30.3 Å². The van der Waals surface area contributed by atoms with Crippen LogP contribution < -0.4 is 11.1 Å². The average molecular weight is 458 g/mol. The van der Waals surface area contributed by atoms with Crippen LogP contribution in [0.1, 0.15) is 47.9 Å². The van der Waals surface area contributed by atoms with Gasteiger partial charge in [0, 0.05) is 18.0 Å². The average Bonchev–Trinajstić information content (AvgIpc) is 2.73. The van der Waals surface area contributed by atoms with Crippen LogP contribution in [0, 0.1) is 0 Å². The van der Waals surface area contributed by atoms with Crippen molar-refractivity contribution in [1.82, 2.24) is 5.32 Å². The Morgan fingerprint density at radius 1 is 0.938 bits per heavy atom. The van der Waals surface area contributed by atoms with E-state index in [9.17, 15) is 31.1 Å². The van der Waals surface area contributed by atoms with Gasteiger partial charge in [-0.3, -0.25) is 4.79 Å². The number of nitrogens with two attached hydrogens (primary N) is 1. The van der Waals surface area contributed by atoms with Crippen molar-refractivity contribution in [1.29, 1.82) is 0 Å². The minimum atomic E-state index is -4.95. The number of hydrogen-bond acceptors (Lipinski definition) is 2. The first-order chi connectivity index (χ1) is 14.9. The van der Waals surface area contributed by atoms with Crippen LogP contribution in [0.25, 0.3) is 0 Å². The summed E-state index contributed by atoms with van der Waals surface area (Å²) in [4.78, 5) is 12.5. The molecule has 3 N–H and O–H groups in total. The zero-order chi connectivity index (χ0) is 23.6. The molecule has 1 fully saturated rings. The van der Waals surface area contributed by atoms with Crippen molar-refractivity contribution in [3.05, 3.63) is 70.8 Å². The number of amides is 1. The number of nitrogens with one attached hydrogen (secondary N) is 1. The quantitative estimate of drug-likeness (QED) is 0.604. The van der Waals surface area contributed by atoms with Crippen molar-refractivity contribution >= 4 is 5.91 Å². The van der Waals surface area contributed by atoms with E-state index in [-0.39, 0.29) is 29.6 Å². The highest BCUT2D eigenvalue weighted by Crippen LogP contribution is 2.39. The Labute approximate surface area is 182 Å². The summed E-state index contributed by atoms with van der Waals surface area (Å²) in [5.74, 6) is -0.636. The van der Waals surface area contributed by atoms with E-state index in [1.165, 1.54) is 0 Å². The van der Waals surface area contributed by atoms with Crippen LogP contribution in [-0.2, 0) is 29.0 Å². The molecule has 0 aliphatic heterocycles. The summed E-state index contributed by atoms with van der Waals surface area (Å²) in [6.07, 6.45) is -7.53. The number of hydrogen-bond donors (Lipinski definition) is 2. The number of carbonyl (C=O) groups is 1. The zero-order valence-electron chi connectivity index (χ0n) is 17.2. The van der Waals surface area contributed by atoms with Crippen LogP contribution >= 0.6 is 0 Å². The van der Waals surface area contributed by atoms with Crippen molar-refractivity contribution in [3.8, 4) is 0 Å². The van der Waals surface area contributed by atoms with E-state index in [1.54, 1.807) is 0 Å². The summed E-state index contributed by atoms with van der Waals surface area (Å²) in [5, 5.41) is 2.73. The van der Waals surface area contributed by atoms with Gasteiger partial charge in [-0.15, -0.1) is 0 Å². The van der Waals surface area contributed by atoms with Gasteiger partial charge in [0.2, 0.25) is 5.91 Å². The van der Waals surface area contributed by atoms with E-state index in [2.05, 4.69) is 5.32 Å². The van der Waals surface area contributed by atoms with E-state index >= 15 is 0 Å². The molecule has 0 heterocycles. The predicted molar refractivity (Wildman–Crippen MR) is 108 cm³/mol. The van der Waals surface area contributed by atoms with Gasteiger partial charge in [-0.05, 0) is 55.0 Å². The molecule has 2 aromatic rings. The number of benzene rings is 2. The van der Waals surface area contributed by atoms with Crippen molar-refractivity contribution in [2.75, 3.05) is 6.54 Å². The van der Waals surface area contributed by atoms with Gasteiger partial charge in [-0.25, -0.2) is 0 Å². The molecule has 0 radical (unpaired) electrons. The van der Waals surface area contributed by atoms with Gasteiger partial charge in [0.25, 0.3) is 0 Å². The maximum atomic E-state index is 13.1. The molecule has 1 aliphatic carbocycles. The normalized spacial score (nSPS) is 21.9. The molecular formula is C23H24F6N2O. The maximum absolute atomic E-state index is 13.1. The maximum Gasteiger partial charge on any atom is 0.416 e. The standard InChI is InChI=1S/C23H24F6N2O/c24-22(25,26)17-10-15(11-18(13-17)23(27,28)29)12-20(32)31-14-21(8-6-19(30)7-9-21)16-4-2-1-3-5-16/h1-5,10-11,13,19H,6-9,12,14,30H2,(H,31,32)/t19-,21+.